The minimum atomic E-state index is -0.543. The van der Waals surface area contributed by atoms with Crippen LogP contribution < -0.4 is 16.0 Å². The number of carbonyl (C=O) groups is 3. The van der Waals surface area contributed by atoms with Crippen LogP contribution in [0.3, 0.4) is 0 Å². The molecule has 2 aliphatic rings. The number of hydrogen-bond donors (Lipinski definition) is 3. The maximum absolute atomic E-state index is 13.1. The third-order valence-corrected chi connectivity index (χ3v) is 4.03. The van der Waals surface area contributed by atoms with Gasteiger partial charge in [-0.3, -0.25) is 9.59 Å². The zero-order valence-corrected chi connectivity index (χ0v) is 12.5. The van der Waals surface area contributed by atoms with Crippen LogP contribution in [0.15, 0.2) is 24.3 Å². The Labute approximate surface area is 132 Å². The highest BCUT2D eigenvalue weighted by Gasteiger charge is 2.45. The van der Waals surface area contributed by atoms with Crippen LogP contribution in [0.1, 0.15) is 13.3 Å². The summed E-state index contributed by atoms with van der Waals surface area (Å²) in [4.78, 5) is 37.4. The largest absolute Gasteiger partial charge is 0.343 e. The topological polar surface area (TPSA) is 90.5 Å². The van der Waals surface area contributed by atoms with Crippen molar-refractivity contribution in [2.45, 2.75) is 31.5 Å². The highest BCUT2D eigenvalue weighted by molar-refractivity contribution is 5.97. The second kappa shape index (κ2) is 5.86. The first-order chi connectivity index (χ1) is 10.9. The predicted octanol–water partition coefficient (Wildman–Crippen LogP) is 0.435. The molecule has 2 saturated heterocycles. The van der Waals surface area contributed by atoms with Gasteiger partial charge >= 0.3 is 6.03 Å². The van der Waals surface area contributed by atoms with Crippen molar-refractivity contribution in [2.75, 3.05) is 11.9 Å². The lowest BCUT2D eigenvalue weighted by Crippen LogP contribution is -2.60. The molecular formula is C15H17FN4O3. The molecular weight excluding hydrogens is 303 g/mol. The summed E-state index contributed by atoms with van der Waals surface area (Å²) in [6.07, 6.45) is 0.362. The molecule has 23 heavy (non-hydrogen) atoms. The molecule has 0 aromatic heterocycles. The second-order valence-corrected chi connectivity index (χ2v) is 5.78. The fourth-order valence-electron chi connectivity index (χ4n) is 2.97. The van der Waals surface area contributed by atoms with Crippen molar-refractivity contribution in [1.29, 1.82) is 0 Å². The van der Waals surface area contributed by atoms with Crippen LogP contribution in [0.4, 0.5) is 14.9 Å². The summed E-state index contributed by atoms with van der Waals surface area (Å²) >= 11 is 0. The molecule has 2 fully saturated rings. The van der Waals surface area contributed by atoms with E-state index in [0.717, 1.165) is 0 Å². The lowest BCUT2D eigenvalue weighted by atomic mass is 10.1. The summed E-state index contributed by atoms with van der Waals surface area (Å²) in [6, 6.07) is 3.64. The molecule has 0 radical (unpaired) electrons. The molecule has 0 bridgehead atoms. The number of fused-ring (bicyclic) bond motifs is 1. The van der Waals surface area contributed by atoms with E-state index < -0.39 is 23.9 Å². The van der Waals surface area contributed by atoms with E-state index in [-0.39, 0.29) is 24.4 Å². The van der Waals surface area contributed by atoms with Crippen LogP contribution in [0.5, 0.6) is 0 Å². The van der Waals surface area contributed by atoms with Crippen LogP contribution >= 0.6 is 0 Å². The molecule has 4 amide bonds. The van der Waals surface area contributed by atoms with Crippen LogP contribution in [0.2, 0.25) is 0 Å². The van der Waals surface area contributed by atoms with Crippen molar-refractivity contribution >= 4 is 23.5 Å². The van der Waals surface area contributed by atoms with Crippen molar-refractivity contribution in [3.63, 3.8) is 0 Å². The summed E-state index contributed by atoms with van der Waals surface area (Å²) in [6.45, 7) is 1.92. The molecule has 1 aromatic rings. The number of hydrogen-bond acceptors (Lipinski definition) is 3. The van der Waals surface area contributed by atoms with Gasteiger partial charge < -0.3 is 20.9 Å². The number of benzene rings is 1. The fraction of sp³-hybridized carbons (Fsp3) is 0.400. The van der Waals surface area contributed by atoms with E-state index in [9.17, 15) is 18.8 Å². The maximum atomic E-state index is 13.1. The van der Waals surface area contributed by atoms with Crippen molar-refractivity contribution in [1.82, 2.24) is 15.5 Å². The molecule has 1 aromatic carbocycles. The van der Waals surface area contributed by atoms with Gasteiger partial charge in [-0.15, -0.1) is 0 Å². The van der Waals surface area contributed by atoms with Gasteiger partial charge in [0.05, 0.1) is 6.04 Å². The minimum absolute atomic E-state index is 0.149. The Bertz CT molecular complexity index is 666. The van der Waals surface area contributed by atoms with Crippen LogP contribution in [0.25, 0.3) is 0 Å². The highest BCUT2D eigenvalue weighted by atomic mass is 19.1. The maximum Gasteiger partial charge on any atom is 0.319 e. The predicted molar refractivity (Wildman–Crippen MR) is 80.1 cm³/mol. The number of urea groups is 1. The summed E-state index contributed by atoms with van der Waals surface area (Å²) < 4.78 is 13.1. The Morgan fingerprint density at radius 1 is 1.39 bits per heavy atom. The molecule has 2 aliphatic heterocycles. The molecule has 122 valence electrons. The molecule has 0 saturated carbocycles. The molecule has 2 heterocycles. The average molecular weight is 320 g/mol. The number of nitrogens with zero attached hydrogens (tertiary/aromatic N) is 1. The molecule has 3 N–H and O–H groups in total. The van der Waals surface area contributed by atoms with E-state index in [2.05, 4.69) is 16.0 Å². The lowest BCUT2D eigenvalue weighted by molar-refractivity contribution is -0.146. The molecule has 7 nitrogen and oxygen atoms in total. The molecule has 3 rings (SSSR count). The van der Waals surface area contributed by atoms with Crippen molar-refractivity contribution in [3.8, 4) is 0 Å². The summed E-state index contributed by atoms with van der Waals surface area (Å²) in [5.41, 5.74) is 0.334. The summed E-state index contributed by atoms with van der Waals surface area (Å²) in [5, 5.41) is 7.86. The number of carbonyl (C=O) groups excluding carboxylic acids is 3. The number of halogens is 1. The van der Waals surface area contributed by atoms with Gasteiger partial charge in [0.2, 0.25) is 11.8 Å². The average Bonchev–Trinajstić information content (AvgIpc) is 2.89. The zero-order valence-electron chi connectivity index (χ0n) is 12.5. The third-order valence-electron chi connectivity index (χ3n) is 4.03. The monoisotopic (exact) mass is 320 g/mol. The van der Waals surface area contributed by atoms with Gasteiger partial charge in [0.15, 0.2) is 0 Å². The van der Waals surface area contributed by atoms with Gasteiger partial charge in [0, 0.05) is 12.2 Å². The Hall–Kier alpha value is -2.64. The van der Waals surface area contributed by atoms with E-state index in [1.807, 2.05) is 0 Å². The van der Waals surface area contributed by atoms with Crippen molar-refractivity contribution < 1.29 is 18.8 Å². The Balaban J connectivity index is 1.60. The number of amides is 4. The van der Waals surface area contributed by atoms with Gasteiger partial charge in [0.1, 0.15) is 17.9 Å². The zero-order chi connectivity index (χ0) is 16.6. The number of nitrogens with one attached hydrogen (secondary N) is 3. The smallest absolute Gasteiger partial charge is 0.319 e. The quantitative estimate of drug-likeness (QED) is 0.738. The highest BCUT2D eigenvalue weighted by Crippen LogP contribution is 2.22. The van der Waals surface area contributed by atoms with E-state index in [1.165, 1.54) is 23.1 Å². The number of rotatable bonds is 2. The summed E-state index contributed by atoms with van der Waals surface area (Å²) in [7, 11) is 0. The normalized spacial score (nSPS) is 26.5. The van der Waals surface area contributed by atoms with Gasteiger partial charge in [-0.05, 0) is 31.5 Å². The minimum Gasteiger partial charge on any atom is -0.343 e. The first kappa shape index (κ1) is 15.3. The molecule has 0 aliphatic carbocycles. The number of piperazine rings is 1. The molecule has 8 heteroatoms. The standard InChI is InChI=1S/C15H17FN4O3/c1-8-14(22)20-7-11(6-12(20)13(21)17-8)19-15(23)18-10-4-2-3-9(16)5-10/h2-5,8,11-12H,6-7H2,1H3,(H,17,21)(H2,18,19,23)/t8-,11-,12-/m0/s1. The van der Waals surface area contributed by atoms with Gasteiger partial charge in [-0.2, -0.15) is 0 Å². The van der Waals surface area contributed by atoms with Crippen LogP contribution in [-0.2, 0) is 9.59 Å². The van der Waals surface area contributed by atoms with E-state index in [4.69, 9.17) is 0 Å². The van der Waals surface area contributed by atoms with Crippen LogP contribution in [0, 0.1) is 5.82 Å². The first-order valence-electron chi connectivity index (χ1n) is 7.38. The Morgan fingerprint density at radius 2 is 2.17 bits per heavy atom. The van der Waals surface area contributed by atoms with Crippen LogP contribution in [-0.4, -0.2) is 47.4 Å². The van der Waals surface area contributed by atoms with Crippen molar-refractivity contribution in [2.24, 2.45) is 0 Å². The first-order valence-corrected chi connectivity index (χ1v) is 7.38. The van der Waals surface area contributed by atoms with Gasteiger partial charge in [0.25, 0.3) is 0 Å². The Morgan fingerprint density at radius 3 is 2.91 bits per heavy atom. The summed E-state index contributed by atoms with van der Waals surface area (Å²) in [5.74, 6) is -0.798. The lowest BCUT2D eigenvalue weighted by Gasteiger charge is -2.32. The molecule has 3 atom stereocenters. The SMILES string of the molecule is C[C@@H]1NC(=O)[C@@H]2C[C@H](NC(=O)Nc3cccc(F)c3)CN2C1=O. The van der Waals surface area contributed by atoms with Crippen molar-refractivity contribution in [3.05, 3.63) is 30.1 Å². The molecule has 0 unspecified atom stereocenters. The van der Waals surface area contributed by atoms with E-state index in [1.54, 1.807) is 13.0 Å². The third kappa shape index (κ3) is 3.10. The van der Waals surface area contributed by atoms with Gasteiger partial charge in [-0.25, -0.2) is 9.18 Å². The van der Waals surface area contributed by atoms with E-state index in [0.29, 0.717) is 12.1 Å². The fourth-order valence-corrected chi connectivity index (χ4v) is 2.97. The van der Waals surface area contributed by atoms with Gasteiger partial charge in [-0.1, -0.05) is 6.07 Å². The van der Waals surface area contributed by atoms with E-state index >= 15 is 0 Å². The Kier molecular flexibility index (Phi) is 3.89. The number of anilines is 1. The molecule has 0 spiro atoms. The second-order valence-electron chi connectivity index (χ2n) is 5.78.